The predicted octanol–water partition coefficient (Wildman–Crippen LogP) is 6.75. The molecule has 2 amide bonds. The molecular formula is C31H36Cl3N3O4S. The van der Waals surface area contributed by atoms with Gasteiger partial charge in [-0.15, -0.1) is 0 Å². The minimum atomic E-state index is -3.63. The molecule has 0 saturated carbocycles. The van der Waals surface area contributed by atoms with E-state index >= 15 is 0 Å². The van der Waals surface area contributed by atoms with Gasteiger partial charge in [0.05, 0.1) is 11.9 Å². The summed E-state index contributed by atoms with van der Waals surface area (Å²) in [7, 11) is -3.63. The number of rotatable bonds is 15. The molecule has 0 fully saturated rings. The number of unbranched alkanes of at least 4 members (excludes halogenated alkanes) is 1. The summed E-state index contributed by atoms with van der Waals surface area (Å²) in [5.74, 6) is -0.593. The van der Waals surface area contributed by atoms with Crippen LogP contribution in [0.4, 0.5) is 5.69 Å². The van der Waals surface area contributed by atoms with Gasteiger partial charge in [0.15, 0.2) is 0 Å². The van der Waals surface area contributed by atoms with Gasteiger partial charge in [0.2, 0.25) is 21.8 Å². The molecule has 0 saturated heterocycles. The summed E-state index contributed by atoms with van der Waals surface area (Å²) in [6.45, 7) is 2.61. The lowest BCUT2D eigenvalue weighted by Crippen LogP contribution is -2.50. The van der Waals surface area contributed by atoms with E-state index in [2.05, 4.69) is 5.32 Å². The highest BCUT2D eigenvalue weighted by Crippen LogP contribution is 2.28. The van der Waals surface area contributed by atoms with E-state index < -0.39 is 16.1 Å². The lowest BCUT2D eigenvalue weighted by Gasteiger charge is -2.32. The lowest BCUT2D eigenvalue weighted by atomic mass is 10.0. The molecule has 0 aliphatic carbocycles. The molecule has 7 nitrogen and oxygen atoms in total. The normalized spacial score (nSPS) is 12.0. The molecule has 3 rings (SSSR count). The van der Waals surface area contributed by atoms with Crippen LogP contribution in [0.15, 0.2) is 72.8 Å². The van der Waals surface area contributed by atoms with Crippen LogP contribution in [0.1, 0.15) is 43.7 Å². The van der Waals surface area contributed by atoms with Crippen molar-refractivity contribution in [3.05, 3.63) is 99.0 Å². The average Bonchev–Trinajstić information content (AvgIpc) is 2.95. The molecule has 11 heteroatoms. The van der Waals surface area contributed by atoms with Gasteiger partial charge in [-0.3, -0.25) is 13.9 Å². The molecule has 0 radical (unpaired) electrons. The van der Waals surface area contributed by atoms with Crippen LogP contribution in [0.2, 0.25) is 15.1 Å². The molecule has 1 atom stereocenters. The summed E-state index contributed by atoms with van der Waals surface area (Å²) < 4.78 is 26.4. The van der Waals surface area contributed by atoms with Crippen molar-refractivity contribution in [3.8, 4) is 0 Å². The van der Waals surface area contributed by atoms with Crippen LogP contribution in [0.3, 0.4) is 0 Å². The Balaban J connectivity index is 1.91. The Labute approximate surface area is 263 Å². The van der Waals surface area contributed by atoms with Crippen LogP contribution < -0.4 is 9.62 Å². The number of carbonyl (C=O) groups excluding carboxylic acids is 2. The molecule has 0 aliphatic heterocycles. The van der Waals surface area contributed by atoms with E-state index in [0.717, 1.165) is 24.7 Å². The first kappa shape index (κ1) is 33.7. The van der Waals surface area contributed by atoms with E-state index in [1.54, 1.807) is 42.5 Å². The standard InChI is InChI=1S/C31H36Cl3N3O4S/c1-3-4-19-35-31(39)29(21-23-10-6-5-7-11-23)36(22-26-27(33)12-8-13-28(26)34)30(38)14-9-20-37(42(2,40)41)25-17-15-24(32)16-18-25/h5-8,10-13,15-18,29H,3-4,9,14,19-22H2,1-2H3,(H,35,39). The van der Waals surface area contributed by atoms with Gasteiger partial charge < -0.3 is 10.2 Å². The third kappa shape index (κ3) is 9.90. The van der Waals surface area contributed by atoms with Gasteiger partial charge in [-0.1, -0.05) is 84.5 Å². The number of benzene rings is 3. The van der Waals surface area contributed by atoms with Gasteiger partial charge in [0.1, 0.15) is 6.04 Å². The van der Waals surface area contributed by atoms with Crippen LogP contribution >= 0.6 is 34.8 Å². The Hall–Kier alpha value is -2.78. The van der Waals surface area contributed by atoms with Gasteiger partial charge in [0, 0.05) is 53.1 Å². The molecule has 0 heterocycles. The zero-order chi connectivity index (χ0) is 30.7. The zero-order valence-corrected chi connectivity index (χ0v) is 26.8. The fraction of sp³-hybridized carbons (Fsp3) is 0.355. The molecule has 1 N–H and O–H groups in total. The van der Waals surface area contributed by atoms with Crippen molar-refractivity contribution in [2.45, 2.75) is 51.6 Å². The summed E-state index contributed by atoms with van der Waals surface area (Å²) in [6.07, 6.45) is 3.33. The third-order valence-corrected chi connectivity index (χ3v) is 8.91. The number of nitrogens with one attached hydrogen (secondary N) is 1. The smallest absolute Gasteiger partial charge is 0.243 e. The van der Waals surface area contributed by atoms with Crippen molar-refractivity contribution >= 4 is 62.3 Å². The molecule has 1 unspecified atom stereocenters. The fourth-order valence-electron chi connectivity index (χ4n) is 4.53. The first-order chi connectivity index (χ1) is 20.0. The number of halogens is 3. The maximum atomic E-state index is 13.9. The summed E-state index contributed by atoms with van der Waals surface area (Å²) in [4.78, 5) is 29.0. The number of carbonyl (C=O) groups is 2. The number of amides is 2. The van der Waals surface area contributed by atoms with Crippen molar-refractivity contribution in [1.29, 1.82) is 0 Å². The Kier molecular flexibility index (Phi) is 13.0. The topological polar surface area (TPSA) is 86.8 Å². The summed E-state index contributed by atoms with van der Waals surface area (Å²) in [5.41, 5.74) is 1.88. The van der Waals surface area contributed by atoms with E-state index in [1.165, 1.54) is 9.21 Å². The highest BCUT2D eigenvalue weighted by molar-refractivity contribution is 7.92. The predicted molar refractivity (Wildman–Crippen MR) is 172 cm³/mol. The van der Waals surface area contributed by atoms with Crippen LogP contribution in [-0.4, -0.2) is 50.5 Å². The highest BCUT2D eigenvalue weighted by Gasteiger charge is 2.31. The monoisotopic (exact) mass is 651 g/mol. The van der Waals surface area contributed by atoms with Crippen molar-refractivity contribution in [1.82, 2.24) is 10.2 Å². The van der Waals surface area contributed by atoms with Gasteiger partial charge in [-0.05, 0) is 54.8 Å². The second-order valence-electron chi connectivity index (χ2n) is 9.99. The molecule has 226 valence electrons. The molecule has 0 aromatic heterocycles. The van der Waals surface area contributed by atoms with Crippen molar-refractivity contribution in [3.63, 3.8) is 0 Å². The molecule has 3 aromatic carbocycles. The minimum absolute atomic E-state index is 0.00475. The Morgan fingerprint density at radius 1 is 0.881 bits per heavy atom. The minimum Gasteiger partial charge on any atom is -0.354 e. The maximum Gasteiger partial charge on any atom is 0.243 e. The fourth-order valence-corrected chi connectivity index (χ4v) is 6.13. The SMILES string of the molecule is CCCCNC(=O)C(Cc1ccccc1)N(Cc1c(Cl)cccc1Cl)C(=O)CCCN(c1ccc(Cl)cc1)S(C)(=O)=O. The average molecular weight is 653 g/mol. The van der Waals surface area contributed by atoms with Crippen molar-refractivity contribution < 1.29 is 18.0 Å². The number of anilines is 1. The molecule has 42 heavy (non-hydrogen) atoms. The first-order valence-corrected chi connectivity index (χ1v) is 16.8. The number of hydrogen-bond donors (Lipinski definition) is 1. The summed E-state index contributed by atoms with van der Waals surface area (Å²) >= 11 is 19.0. The van der Waals surface area contributed by atoms with Crippen LogP contribution in [-0.2, 0) is 32.6 Å². The van der Waals surface area contributed by atoms with Crippen LogP contribution in [0.25, 0.3) is 0 Å². The Morgan fingerprint density at radius 2 is 1.52 bits per heavy atom. The maximum absolute atomic E-state index is 13.9. The molecule has 0 aliphatic rings. The second kappa shape index (κ2) is 16.2. The van der Waals surface area contributed by atoms with Crippen molar-refractivity contribution in [2.75, 3.05) is 23.7 Å². The quantitative estimate of drug-likeness (QED) is 0.184. The summed E-state index contributed by atoms with van der Waals surface area (Å²) in [5, 5.41) is 4.23. The molecule has 0 spiro atoms. The molecule has 3 aromatic rings. The van der Waals surface area contributed by atoms with E-state index in [-0.39, 0.29) is 44.2 Å². The highest BCUT2D eigenvalue weighted by atomic mass is 35.5. The van der Waals surface area contributed by atoms with Gasteiger partial charge in [0.25, 0.3) is 0 Å². The van der Waals surface area contributed by atoms with Crippen LogP contribution in [0, 0.1) is 0 Å². The number of sulfonamides is 1. The number of nitrogens with zero attached hydrogens (tertiary/aromatic N) is 2. The number of hydrogen-bond acceptors (Lipinski definition) is 4. The Morgan fingerprint density at radius 3 is 2.12 bits per heavy atom. The Bertz CT molecular complexity index is 1420. The van der Waals surface area contributed by atoms with Crippen molar-refractivity contribution in [2.24, 2.45) is 0 Å². The van der Waals surface area contributed by atoms with Gasteiger partial charge >= 0.3 is 0 Å². The first-order valence-electron chi connectivity index (χ1n) is 13.8. The third-order valence-electron chi connectivity index (χ3n) is 6.76. The molecular weight excluding hydrogens is 617 g/mol. The van der Waals surface area contributed by atoms with E-state index in [0.29, 0.717) is 32.9 Å². The largest absolute Gasteiger partial charge is 0.354 e. The van der Waals surface area contributed by atoms with Gasteiger partial charge in [-0.25, -0.2) is 8.42 Å². The van der Waals surface area contributed by atoms with E-state index in [9.17, 15) is 18.0 Å². The van der Waals surface area contributed by atoms with E-state index in [1.807, 2.05) is 37.3 Å². The second-order valence-corrected chi connectivity index (χ2v) is 13.1. The molecule has 0 bridgehead atoms. The lowest BCUT2D eigenvalue weighted by molar-refractivity contribution is -0.141. The summed E-state index contributed by atoms with van der Waals surface area (Å²) in [6, 6.07) is 20.2. The zero-order valence-electron chi connectivity index (χ0n) is 23.7. The van der Waals surface area contributed by atoms with Gasteiger partial charge in [-0.2, -0.15) is 0 Å². The van der Waals surface area contributed by atoms with Crippen LogP contribution in [0.5, 0.6) is 0 Å². The van der Waals surface area contributed by atoms with E-state index in [4.69, 9.17) is 34.8 Å².